The van der Waals surface area contributed by atoms with Gasteiger partial charge in [0.15, 0.2) is 0 Å². The number of unbranched alkanes of at least 4 members (excludes halogenated alkanes) is 1. The molecule has 2 unspecified atom stereocenters. The van der Waals surface area contributed by atoms with Crippen molar-refractivity contribution < 1.29 is 4.74 Å². The maximum absolute atomic E-state index is 5.23. The number of ether oxygens (including phenoxy) is 1. The highest BCUT2D eigenvalue weighted by atomic mass is 16.5. The Hall–Kier alpha value is -0.120. The van der Waals surface area contributed by atoms with E-state index in [1.807, 2.05) is 7.11 Å². The number of nitrogens with one attached hydrogen (secondary N) is 1. The summed E-state index contributed by atoms with van der Waals surface area (Å²) in [7, 11) is 1.81. The predicted octanol–water partition coefficient (Wildman–Crippen LogP) is 2.51. The lowest BCUT2D eigenvalue weighted by Gasteiger charge is -2.17. The van der Waals surface area contributed by atoms with Crippen molar-refractivity contribution in [1.82, 2.24) is 10.2 Å². The van der Waals surface area contributed by atoms with Crippen LogP contribution in [-0.2, 0) is 4.74 Å². The van der Waals surface area contributed by atoms with Crippen LogP contribution in [0.25, 0.3) is 0 Å². The molecule has 108 valence electrons. The first-order chi connectivity index (χ1) is 8.76. The van der Waals surface area contributed by atoms with Crippen molar-refractivity contribution in [2.75, 3.05) is 39.9 Å². The number of rotatable bonds is 10. The molecule has 1 rings (SSSR count). The van der Waals surface area contributed by atoms with Crippen LogP contribution in [0.3, 0.4) is 0 Å². The molecule has 1 N–H and O–H groups in total. The van der Waals surface area contributed by atoms with Crippen molar-refractivity contribution in [1.29, 1.82) is 0 Å². The molecule has 0 amide bonds. The molecule has 1 heterocycles. The normalized spacial score (nSPS) is 22.5. The van der Waals surface area contributed by atoms with Gasteiger partial charge >= 0.3 is 0 Å². The molecule has 0 aliphatic carbocycles. The van der Waals surface area contributed by atoms with E-state index < -0.39 is 0 Å². The highest BCUT2D eigenvalue weighted by Gasteiger charge is 2.21. The Kier molecular flexibility index (Phi) is 8.64. The summed E-state index contributed by atoms with van der Waals surface area (Å²) in [5.41, 5.74) is 0. The molecule has 1 aliphatic rings. The standard InChI is InChI=1S/C15H32N2O/c1-4-9-16-14(2)7-5-6-10-17-11-8-15(12-17)13-18-3/h14-16H,4-13H2,1-3H3. The van der Waals surface area contributed by atoms with Gasteiger partial charge < -0.3 is 15.0 Å². The molecule has 3 heteroatoms. The fourth-order valence-electron chi connectivity index (χ4n) is 2.77. The SMILES string of the molecule is CCCNC(C)CCCCN1CCC(COC)C1. The van der Waals surface area contributed by atoms with Crippen molar-refractivity contribution in [3.63, 3.8) is 0 Å². The maximum atomic E-state index is 5.23. The molecular formula is C15H32N2O. The summed E-state index contributed by atoms with van der Waals surface area (Å²) in [5.74, 6) is 0.778. The molecule has 3 nitrogen and oxygen atoms in total. The van der Waals surface area contributed by atoms with E-state index in [0.717, 1.165) is 19.1 Å². The van der Waals surface area contributed by atoms with Gasteiger partial charge in [-0.15, -0.1) is 0 Å². The smallest absolute Gasteiger partial charge is 0.0503 e. The summed E-state index contributed by atoms with van der Waals surface area (Å²) < 4.78 is 5.23. The van der Waals surface area contributed by atoms with Crippen LogP contribution >= 0.6 is 0 Å². The number of nitrogens with zero attached hydrogens (tertiary/aromatic N) is 1. The first kappa shape index (κ1) is 15.9. The molecule has 0 bridgehead atoms. The van der Waals surface area contributed by atoms with Gasteiger partial charge in [-0.2, -0.15) is 0 Å². The summed E-state index contributed by atoms with van der Waals surface area (Å²) in [6.07, 6.45) is 6.57. The minimum atomic E-state index is 0.685. The average molecular weight is 256 g/mol. The third-order valence-electron chi connectivity index (χ3n) is 3.88. The van der Waals surface area contributed by atoms with Crippen LogP contribution < -0.4 is 5.32 Å². The zero-order valence-electron chi connectivity index (χ0n) is 12.6. The van der Waals surface area contributed by atoms with Crippen molar-refractivity contribution in [3.05, 3.63) is 0 Å². The van der Waals surface area contributed by atoms with E-state index >= 15 is 0 Å². The van der Waals surface area contributed by atoms with Gasteiger partial charge in [0.25, 0.3) is 0 Å². The molecule has 0 aromatic rings. The molecule has 0 saturated carbocycles. The number of hydrogen-bond donors (Lipinski definition) is 1. The Morgan fingerprint density at radius 3 is 2.94 bits per heavy atom. The third-order valence-corrected chi connectivity index (χ3v) is 3.88. The zero-order chi connectivity index (χ0) is 13.2. The number of hydrogen-bond acceptors (Lipinski definition) is 3. The molecule has 0 aromatic heterocycles. The van der Waals surface area contributed by atoms with E-state index in [1.54, 1.807) is 0 Å². The molecule has 18 heavy (non-hydrogen) atoms. The lowest BCUT2D eigenvalue weighted by molar-refractivity contribution is 0.153. The Balaban J connectivity index is 1.95. The molecule has 0 spiro atoms. The maximum Gasteiger partial charge on any atom is 0.0503 e. The van der Waals surface area contributed by atoms with Crippen molar-refractivity contribution >= 4 is 0 Å². The lowest BCUT2D eigenvalue weighted by Crippen LogP contribution is -2.27. The van der Waals surface area contributed by atoms with Crippen LogP contribution in [0.15, 0.2) is 0 Å². The molecule has 0 aromatic carbocycles. The van der Waals surface area contributed by atoms with Gasteiger partial charge in [-0.1, -0.05) is 13.3 Å². The molecule has 0 radical (unpaired) electrons. The minimum absolute atomic E-state index is 0.685. The van der Waals surface area contributed by atoms with Crippen LogP contribution in [0.2, 0.25) is 0 Å². The van der Waals surface area contributed by atoms with Crippen LogP contribution in [0.1, 0.15) is 46.0 Å². The van der Waals surface area contributed by atoms with Gasteiger partial charge in [-0.25, -0.2) is 0 Å². The first-order valence-electron chi connectivity index (χ1n) is 7.71. The first-order valence-corrected chi connectivity index (χ1v) is 7.71. The molecule has 1 saturated heterocycles. The summed E-state index contributed by atoms with van der Waals surface area (Å²) >= 11 is 0. The molecule has 1 fully saturated rings. The second-order valence-electron chi connectivity index (χ2n) is 5.76. The van der Waals surface area contributed by atoms with Gasteiger partial charge in [-0.05, 0) is 58.2 Å². The lowest BCUT2D eigenvalue weighted by atomic mass is 10.1. The highest BCUT2D eigenvalue weighted by molar-refractivity contribution is 4.75. The van der Waals surface area contributed by atoms with Gasteiger partial charge in [0.1, 0.15) is 0 Å². The Labute approximate surface area is 113 Å². The average Bonchev–Trinajstić information content (AvgIpc) is 2.80. The Morgan fingerprint density at radius 2 is 2.22 bits per heavy atom. The van der Waals surface area contributed by atoms with E-state index in [4.69, 9.17) is 4.74 Å². The Morgan fingerprint density at radius 1 is 1.39 bits per heavy atom. The quantitative estimate of drug-likeness (QED) is 0.608. The van der Waals surface area contributed by atoms with Gasteiger partial charge in [0, 0.05) is 19.7 Å². The molecule has 2 atom stereocenters. The van der Waals surface area contributed by atoms with Crippen LogP contribution in [0.4, 0.5) is 0 Å². The van der Waals surface area contributed by atoms with Crippen molar-refractivity contribution in [2.24, 2.45) is 5.92 Å². The topological polar surface area (TPSA) is 24.5 Å². The fraction of sp³-hybridized carbons (Fsp3) is 1.00. The number of likely N-dealkylation sites (tertiary alicyclic amines) is 1. The minimum Gasteiger partial charge on any atom is -0.384 e. The van der Waals surface area contributed by atoms with Crippen LogP contribution in [0.5, 0.6) is 0 Å². The van der Waals surface area contributed by atoms with Crippen LogP contribution in [-0.4, -0.2) is 50.8 Å². The second kappa shape index (κ2) is 9.76. The fourth-order valence-corrected chi connectivity index (χ4v) is 2.77. The van der Waals surface area contributed by atoms with E-state index in [0.29, 0.717) is 6.04 Å². The van der Waals surface area contributed by atoms with E-state index in [-0.39, 0.29) is 0 Å². The molecule has 1 aliphatic heterocycles. The third kappa shape index (κ3) is 6.72. The van der Waals surface area contributed by atoms with Crippen LogP contribution in [0, 0.1) is 5.92 Å². The van der Waals surface area contributed by atoms with Gasteiger partial charge in [0.05, 0.1) is 6.61 Å². The van der Waals surface area contributed by atoms with Crippen molar-refractivity contribution in [3.8, 4) is 0 Å². The largest absolute Gasteiger partial charge is 0.384 e. The van der Waals surface area contributed by atoms with E-state index in [1.165, 1.54) is 51.7 Å². The van der Waals surface area contributed by atoms with Crippen molar-refractivity contribution in [2.45, 2.75) is 52.0 Å². The highest BCUT2D eigenvalue weighted by Crippen LogP contribution is 2.17. The summed E-state index contributed by atoms with van der Waals surface area (Å²) in [6.45, 7) is 10.4. The summed E-state index contributed by atoms with van der Waals surface area (Å²) in [4.78, 5) is 2.60. The summed E-state index contributed by atoms with van der Waals surface area (Å²) in [5, 5.41) is 3.55. The molecular weight excluding hydrogens is 224 g/mol. The van der Waals surface area contributed by atoms with Gasteiger partial charge in [-0.3, -0.25) is 0 Å². The van der Waals surface area contributed by atoms with E-state index in [2.05, 4.69) is 24.1 Å². The second-order valence-corrected chi connectivity index (χ2v) is 5.76. The van der Waals surface area contributed by atoms with Gasteiger partial charge in [0.2, 0.25) is 0 Å². The monoisotopic (exact) mass is 256 g/mol. The summed E-state index contributed by atoms with van der Waals surface area (Å²) in [6, 6.07) is 0.685. The van der Waals surface area contributed by atoms with E-state index in [9.17, 15) is 0 Å². The zero-order valence-corrected chi connectivity index (χ0v) is 12.6. The number of methoxy groups -OCH3 is 1. The predicted molar refractivity (Wildman–Crippen MR) is 78.0 cm³/mol. The Bertz CT molecular complexity index is 199.